The largest absolute Gasteiger partial charge is 0.493 e. The Morgan fingerprint density at radius 2 is 1.92 bits per heavy atom. The molecule has 0 unspecified atom stereocenters. The lowest BCUT2D eigenvalue weighted by molar-refractivity contribution is -0.153. The highest BCUT2D eigenvalue weighted by Crippen LogP contribution is 2.32. The van der Waals surface area contributed by atoms with E-state index in [1.165, 1.54) is 30.2 Å². The number of halogens is 3. The Labute approximate surface area is 147 Å². The number of alkyl halides is 3. The minimum absolute atomic E-state index is 0.106. The summed E-state index contributed by atoms with van der Waals surface area (Å²) in [6.45, 7) is -0.907. The van der Waals surface area contributed by atoms with Crippen LogP contribution in [0, 0.1) is 5.92 Å². The number of ether oxygens (including phenoxy) is 2. The molecule has 0 radical (unpaired) electrons. The van der Waals surface area contributed by atoms with Crippen LogP contribution in [0.5, 0.6) is 11.5 Å². The summed E-state index contributed by atoms with van der Waals surface area (Å²) >= 11 is 0. The standard InChI is InChI=1S/C16H19F3N2O5/c1-25-12-3-2-11(8-13(12)26-9-16(17,18)19)20-15(24)21-6-4-10(5-7-21)14(22)23/h2-3,8,10H,4-7,9H2,1H3,(H,20,24)(H,22,23). The SMILES string of the molecule is COc1ccc(NC(=O)N2CCC(C(=O)O)CC2)cc1OCC(F)(F)F. The van der Waals surface area contributed by atoms with E-state index in [1.807, 2.05) is 0 Å². The highest BCUT2D eigenvalue weighted by molar-refractivity contribution is 5.90. The van der Waals surface area contributed by atoms with Crippen molar-refractivity contribution in [3.8, 4) is 11.5 Å². The fourth-order valence-electron chi connectivity index (χ4n) is 2.56. The number of rotatable bonds is 5. The second-order valence-electron chi connectivity index (χ2n) is 5.80. The number of amides is 2. The number of carboxylic acid groups (broad SMARTS) is 1. The number of nitrogens with zero attached hydrogens (tertiary/aromatic N) is 1. The molecule has 1 saturated heterocycles. The Bertz CT molecular complexity index is 658. The number of carbonyl (C=O) groups is 2. The van der Waals surface area contributed by atoms with Gasteiger partial charge >= 0.3 is 18.2 Å². The van der Waals surface area contributed by atoms with Crippen LogP contribution in [0.1, 0.15) is 12.8 Å². The molecule has 1 aromatic carbocycles. The van der Waals surface area contributed by atoms with Crippen molar-refractivity contribution in [1.82, 2.24) is 4.90 Å². The number of carbonyl (C=O) groups excluding carboxylic acids is 1. The van der Waals surface area contributed by atoms with Gasteiger partial charge in [-0.25, -0.2) is 4.79 Å². The molecule has 0 saturated carbocycles. The van der Waals surface area contributed by atoms with Crippen molar-refractivity contribution in [2.45, 2.75) is 19.0 Å². The fraction of sp³-hybridized carbons (Fsp3) is 0.500. The summed E-state index contributed by atoms with van der Waals surface area (Å²) in [5.41, 5.74) is 0.244. The molecule has 2 N–H and O–H groups in total. The van der Waals surface area contributed by atoms with E-state index in [-0.39, 0.29) is 30.3 Å². The van der Waals surface area contributed by atoms with Crippen LogP contribution in [-0.4, -0.2) is 55.0 Å². The number of likely N-dealkylation sites (tertiary alicyclic amines) is 1. The van der Waals surface area contributed by atoms with Gasteiger partial charge in [0.15, 0.2) is 18.1 Å². The Morgan fingerprint density at radius 1 is 1.27 bits per heavy atom. The summed E-state index contributed by atoms with van der Waals surface area (Å²) in [5, 5.41) is 11.5. The maximum atomic E-state index is 12.3. The number of urea groups is 1. The second kappa shape index (κ2) is 8.15. The van der Waals surface area contributed by atoms with E-state index < -0.39 is 30.7 Å². The van der Waals surface area contributed by atoms with E-state index >= 15 is 0 Å². The Morgan fingerprint density at radius 3 is 2.46 bits per heavy atom. The number of benzene rings is 1. The molecule has 0 bridgehead atoms. The first-order valence-corrected chi connectivity index (χ1v) is 7.86. The van der Waals surface area contributed by atoms with E-state index in [2.05, 4.69) is 5.32 Å². The minimum atomic E-state index is -4.50. The molecule has 7 nitrogen and oxygen atoms in total. The number of methoxy groups -OCH3 is 1. The summed E-state index contributed by atoms with van der Waals surface area (Å²) < 4.78 is 46.7. The van der Waals surface area contributed by atoms with Crippen LogP contribution >= 0.6 is 0 Å². The van der Waals surface area contributed by atoms with Crippen molar-refractivity contribution in [2.75, 3.05) is 32.1 Å². The zero-order chi connectivity index (χ0) is 19.3. The quantitative estimate of drug-likeness (QED) is 0.825. The van der Waals surface area contributed by atoms with Crippen molar-refractivity contribution < 1.29 is 37.3 Å². The van der Waals surface area contributed by atoms with Crippen molar-refractivity contribution in [3.05, 3.63) is 18.2 Å². The lowest BCUT2D eigenvalue weighted by Gasteiger charge is -2.30. The molecule has 0 aliphatic carbocycles. The topological polar surface area (TPSA) is 88.1 Å². The molecule has 26 heavy (non-hydrogen) atoms. The molecule has 1 fully saturated rings. The Balaban J connectivity index is 2.00. The van der Waals surface area contributed by atoms with E-state index in [4.69, 9.17) is 14.6 Å². The molecule has 1 aliphatic rings. The molecule has 1 heterocycles. The number of anilines is 1. The smallest absolute Gasteiger partial charge is 0.422 e. The maximum absolute atomic E-state index is 12.3. The van der Waals surface area contributed by atoms with E-state index in [0.29, 0.717) is 12.8 Å². The number of hydrogen-bond acceptors (Lipinski definition) is 4. The van der Waals surface area contributed by atoms with Crippen LogP contribution in [0.2, 0.25) is 0 Å². The molecule has 144 valence electrons. The van der Waals surface area contributed by atoms with Crippen LogP contribution < -0.4 is 14.8 Å². The van der Waals surface area contributed by atoms with Gasteiger partial charge < -0.3 is 24.8 Å². The van der Waals surface area contributed by atoms with E-state index in [9.17, 15) is 22.8 Å². The average Bonchev–Trinajstić information content (AvgIpc) is 2.59. The fourth-order valence-corrected chi connectivity index (χ4v) is 2.56. The molecule has 10 heteroatoms. The van der Waals surface area contributed by atoms with Gasteiger partial charge in [0.05, 0.1) is 13.0 Å². The zero-order valence-corrected chi connectivity index (χ0v) is 14.0. The first-order chi connectivity index (χ1) is 12.2. The third-order valence-corrected chi connectivity index (χ3v) is 3.94. The van der Waals surface area contributed by atoms with Crippen molar-refractivity contribution in [1.29, 1.82) is 0 Å². The normalized spacial score (nSPS) is 15.5. The molecule has 0 spiro atoms. The number of aliphatic carboxylic acids is 1. The molecule has 2 amide bonds. The van der Waals surface area contributed by atoms with E-state index in [1.54, 1.807) is 0 Å². The summed E-state index contributed by atoms with van der Waals surface area (Å²) in [4.78, 5) is 24.6. The van der Waals surface area contributed by atoms with Gasteiger partial charge in [-0.05, 0) is 25.0 Å². The minimum Gasteiger partial charge on any atom is -0.493 e. The summed E-state index contributed by atoms with van der Waals surface area (Å²) in [7, 11) is 1.29. The zero-order valence-electron chi connectivity index (χ0n) is 14.0. The van der Waals surface area contributed by atoms with Crippen molar-refractivity contribution in [2.24, 2.45) is 5.92 Å². The summed E-state index contributed by atoms with van der Waals surface area (Å²) in [5.74, 6) is -1.39. The Kier molecular flexibility index (Phi) is 6.17. The van der Waals surface area contributed by atoms with E-state index in [0.717, 1.165) is 0 Å². The molecule has 1 aromatic rings. The molecule has 2 rings (SSSR count). The second-order valence-corrected chi connectivity index (χ2v) is 5.80. The summed E-state index contributed by atoms with van der Waals surface area (Å²) in [6, 6.07) is 3.65. The first-order valence-electron chi connectivity index (χ1n) is 7.86. The third-order valence-electron chi connectivity index (χ3n) is 3.94. The molecular formula is C16H19F3N2O5. The molecule has 0 aromatic heterocycles. The van der Waals surface area contributed by atoms with Gasteiger partial charge in [-0.2, -0.15) is 13.2 Å². The van der Waals surface area contributed by atoms with Crippen LogP contribution in [-0.2, 0) is 4.79 Å². The third kappa shape index (κ3) is 5.43. The van der Waals surface area contributed by atoms with Crippen LogP contribution in [0.4, 0.5) is 23.7 Å². The molecule has 0 atom stereocenters. The lowest BCUT2D eigenvalue weighted by Crippen LogP contribution is -2.42. The number of carboxylic acids is 1. The first kappa shape index (κ1) is 19.7. The van der Waals surface area contributed by atoms with Crippen molar-refractivity contribution in [3.63, 3.8) is 0 Å². The van der Waals surface area contributed by atoms with Gasteiger partial charge in [-0.3, -0.25) is 4.79 Å². The average molecular weight is 376 g/mol. The van der Waals surface area contributed by atoms with Gasteiger partial charge in [0, 0.05) is 24.8 Å². The monoisotopic (exact) mass is 376 g/mol. The maximum Gasteiger partial charge on any atom is 0.422 e. The van der Waals surface area contributed by atoms with Gasteiger partial charge in [0.1, 0.15) is 0 Å². The predicted molar refractivity (Wildman–Crippen MR) is 85.5 cm³/mol. The highest BCUT2D eigenvalue weighted by Gasteiger charge is 2.29. The molecular weight excluding hydrogens is 357 g/mol. The van der Waals surface area contributed by atoms with Crippen molar-refractivity contribution >= 4 is 17.7 Å². The van der Waals surface area contributed by atoms with Crippen LogP contribution in [0.15, 0.2) is 18.2 Å². The van der Waals surface area contributed by atoms with Crippen LogP contribution in [0.3, 0.4) is 0 Å². The summed E-state index contributed by atoms with van der Waals surface area (Å²) in [6.07, 6.45) is -3.80. The highest BCUT2D eigenvalue weighted by atomic mass is 19.4. The Hall–Kier alpha value is -2.65. The number of nitrogens with one attached hydrogen (secondary N) is 1. The van der Waals surface area contributed by atoms with Gasteiger partial charge in [0.25, 0.3) is 0 Å². The van der Waals surface area contributed by atoms with Crippen LogP contribution in [0.25, 0.3) is 0 Å². The lowest BCUT2D eigenvalue weighted by atomic mass is 9.97. The predicted octanol–water partition coefficient (Wildman–Crippen LogP) is 2.96. The molecule has 1 aliphatic heterocycles. The van der Waals surface area contributed by atoms with Gasteiger partial charge in [-0.1, -0.05) is 0 Å². The van der Waals surface area contributed by atoms with Gasteiger partial charge in [0.2, 0.25) is 0 Å². The van der Waals surface area contributed by atoms with Gasteiger partial charge in [-0.15, -0.1) is 0 Å². The number of hydrogen-bond donors (Lipinski definition) is 2. The number of piperidine rings is 1.